The second kappa shape index (κ2) is 12.1. The summed E-state index contributed by atoms with van der Waals surface area (Å²) in [5.74, 6) is 2.90. The number of rotatable bonds is 10. The molecule has 1 saturated heterocycles. The van der Waals surface area contributed by atoms with Crippen LogP contribution in [0.4, 0.5) is 9.52 Å². The smallest absolute Gasteiger partial charge is 0.231 e. The van der Waals surface area contributed by atoms with Gasteiger partial charge in [0.2, 0.25) is 17.8 Å². The van der Waals surface area contributed by atoms with Crippen molar-refractivity contribution in [3.05, 3.63) is 89.4 Å². The second-order valence-electron chi connectivity index (χ2n) is 9.89. The van der Waals surface area contributed by atoms with Crippen LogP contribution < -0.4 is 14.4 Å². The summed E-state index contributed by atoms with van der Waals surface area (Å²) in [6, 6.07) is 16.2. The van der Waals surface area contributed by atoms with Crippen molar-refractivity contribution < 1.29 is 23.1 Å². The average molecular weight is 564 g/mol. The van der Waals surface area contributed by atoms with Crippen LogP contribution in [0.1, 0.15) is 29.1 Å². The summed E-state index contributed by atoms with van der Waals surface area (Å²) in [5, 5.41) is 0.731. The van der Waals surface area contributed by atoms with Crippen molar-refractivity contribution in [2.24, 2.45) is 0 Å². The summed E-state index contributed by atoms with van der Waals surface area (Å²) in [6.07, 6.45) is 2.53. The molecule has 0 N–H and O–H groups in total. The normalized spacial score (nSPS) is 15.0. The zero-order valence-corrected chi connectivity index (χ0v) is 22.8. The molecule has 0 spiro atoms. The van der Waals surface area contributed by atoms with Crippen LogP contribution in [-0.2, 0) is 24.3 Å². The minimum atomic E-state index is -0.268. The summed E-state index contributed by atoms with van der Waals surface area (Å²) in [6.45, 7) is 5.11. The number of fused-ring (bicyclic) bond motifs is 1. The van der Waals surface area contributed by atoms with Crippen molar-refractivity contribution in [3.63, 3.8) is 0 Å². The maximum absolute atomic E-state index is 13.3. The van der Waals surface area contributed by atoms with Crippen molar-refractivity contribution in [2.75, 3.05) is 44.4 Å². The third-order valence-corrected chi connectivity index (χ3v) is 7.91. The van der Waals surface area contributed by atoms with Gasteiger partial charge >= 0.3 is 0 Å². The predicted octanol–water partition coefficient (Wildman–Crippen LogP) is 4.33. The first-order valence-electron chi connectivity index (χ1n) is 13.3. The van der Waals surface area contributed by atoms with Crippen molar-refractivity contribution in [1.82, 2.24) is 19.2 Å². The summed E-state index contributed by atoms with van der Waals surface area (Å²) < 4.78 is 34.2. The average Bonchev–Trinajstić information content (AvgIpc) is 3.75. The molecular formula is C29H30FN5O4S. The lowest BCUT2D eigenvalue weighted by molar-refractivity contribution is -0.132. The molecule has 6 rings (SSSR count). The largest absolute Gasteiger partial charge is 0.467 e. The zero-order valence-electron chi connectivity index (χ0n) is 22.0. The fourth-order valence-electron chi connectivity index (χ4n) is 4.90. The Morgan fingerprint density at radius 1 is 1.00 bits per heavy atom. The van der Waals surface area contributed by atoms with Crippen LogP contribution in [-0.4, -0.2) is 64.6 Å². The Balaban J connectivity index is 1.03. The highest BCUT2D eigenvalue weighted by Crippen LogP contribution is 2.33. The first kappa shape index (κ1) is 26.3. The molecule has 9 nitrogen and oxygen atoms in total. The molecule has 2 aliphatic rings. The molecule has 0 aliphatic carbocycles. The van der Waals surface area contributed by atoms with E-state index in [0.717, 1.165) is 47.6 Å². The van der Waals surface area contributed by atoms with E-state index in [1.54, 1.807) is 18.4 Å². The van der Waals surface area contributed by atoms with Crippen molar-refractivity contribution in [1.29, 1.82) is 0 Å². The van der Waals surface area contributed by atoms with E-state index in [4.69, 9.17) is 18.9 Å². The molecule has 4 heterocycles. The Hall–Kier alpha value is -3.96. The van der Waals surface area contributed by atoms with E-state index in [0.29, 0.717) is 44.8 Å². The van der Waals surface area contributed by atoms with Crippen LogP contribution in [0.2, 0.25) is 0 Å². The highest BCUT2D eigenvalue weighted by atomic mass is 32.1. The number of aromatic nitrogens is 2. The Labute approximate surface area is 235 Å². The van der Waals surface area contributed by atoms with E-state index in [2.05, 4.69) is 15.3 Å². The molecule has 1 amide bonds. The number of carbonyl (C=O) groups is 1. The molecule has 2 aromatic carbocycles. The number of hydrogen-bond donors (Lipinski definition) is 0. The monoisotopic (exact) mass is 563 g/mol. The lowest BCUT2D eigenvalue weighted by atomic mass is 10.1. The first-order valence-corrected chi connectivity index (χ1v) is 14.1. The molecule has 208 valence electrons. The van der Waals surface area contributed by atoms with Gasteiger partial charge in [0.25, 0.3) is 0 Å². The molecule has 2 aromatic heterocycles. The highest BCUT2D eigenvalue weighted by Gasteiger charge is 2.23. The van der Waals surface area contributed by atoms with Crippen LogP contribution >= 0.6 is 11.5 Å². The van der Waals surface area contributed by atoms with Crippen LogP contribution in [0.15, 0.2) is 65.3 Å². The molecular weight excluding hydrogens is 533 g/mol. The van der Waals surface area contributed by atoms with Gasteiger partial charge in [0.15, 0.2) is 11.5 Å². The fraction of sp³-hybridized carbons (Fsp3) is 0.345. The van der Waals surface area contributed by atoms with E-state index >= 15 is 0 Å². The predicted molar refractivity (Wildman–Crippen MR) is 148 cm³/mol. The number of carbonyl (C=O) groups excluding carboxylic acids is 1. The molecule has 0 saturated carbocycles. The zero-order chi connectivity index (χ0) is 27.3. The number of piperazine rings is 1. The Kier molecular flexibility index (Phi) is 7.92. The summed E-state index contributed by atoms with van der Waals surface area (Å²) in [7, 11) is 0. The van der Waals surface area contributed by atoms with Gasteiger partial charge < -0.3 is 23.7 Å². The quantitative estimate of drug-likeness (QED) is 0.282. The number of furan rings is 1. The molecule has 0 radical (unpaired) electrons. The molecule has 11 heteroatoms. The minimum absolute atomic E-state index is 0.128. The lowest BCUT2D eigenvalue weighted by Crippen LogP contribution is -2.48. The van der Waals surface area contributed by atoms with E-state index in [9.17, 15) is 9.18 Å². The van der Waals surface area contributed by atoms with Gasteiger partial charge in [-0.2, -0.15) is 4.37 Å². The Morgan fingerprint density at radius 3 is 2.60 bits per heavy atom. The molecule has 0 bridgehead atoms. The molecule has 40 heavy (non-hydrogen) atoms. The van der Waals surface area contributed by atoms with Gasteiger partial charge in [-0.25, -0.2) is 9.37 Å². The first-order chi connectivity index (χ1) is 19.6. The van der Waals surface area contributed by atoms with Gasteiger partial charge in [0, 0.05) is 63.6 Å². The molecule has 2 aliphatic heterocycles. The summed E-state index contributed by atoms with van der Waals surface area (Å²) >= 11 is 1.30. The number of ether oxygens (including phenoxy) is 2. The standard InChI is InChI=1S/C29H30FN5O4S/c30-23-6-3-21(4-7-23)17-27-31-29(40-32-27)35(19-24-2-1-15-37-24)10-9-28(36)34-13-11-33(12-14-34)18-22-5-8-25-26(16-22)39-20-38-25/h1-8,15-16H,9-14,17-20H2. The number of benzene rings is 2. The third kappa shape index (κ3) is 6.43. The maximum Gasteiger partial charge on any atom is 0.231 e. The van der Waals surface area contributed by atoms with Crippen LogP contribution in [0.25, 0.3) is 0 Å². The minimum Gasteiger partial charge on any atom is -0.467 e. The van der Waals surface area contributed by atoms with Gasteiger partial charge in [0.1, 0.15) is 17.4 Å². The number of amides is 1. The second-order valence-corrected chi connectivity index (χ2v) is 10.6. The number of halogens is 1. The molecule has 0 unspecified atom stereocenters. The summed E-state index contributed by atoms with van der Waals surface area (Å²) in [4.78, 5) is 24.2. The number of anilines is 1. The van der Waals surface area contributed by atoms with Crippen LogP contribution in [0.3, 0.4) is 0 Å². The number of hydrogen-bond acceptors (Lipinski definition) is 9. The SMILES string of the molecule is O=C(CCN(Cc1ccco1)c1nc(Cc2ccc(F)cc2)ns1)N1CCN(Cc2ccc3c(c2)OCO3)CC1. The van der Waals surface area contributed by atoms with Gasteiger partial charge in [-0.1, -0.05) is 18.2 Å². The van der Waals surface area contributed by atoms with Gasteiger partial charge in [-0.05, 0) is 47.5 Å². The van der Waals surface area contributed by atoms with Crippen molar-refractivity contribution in [3.8, 4) is 11.5 Å². The lowest BCUT2D eigenvalue weighted by Gasteiger charge is -2.35. The molecule has 0 atom stereocenters. The molecule has 4 aromatic rings. The maximum atomic E-state index is 13.3. The van der Waals surface area contributed by atoms with E-state index in [-0.39, 0.29) is 18.5 Å². The van der Waals surface area contributed by atoms with Gasteiger partial charge in [0.05, 0.1) is 12.8 Å². The number of nitrogens with zero attached hydrogens (tertiary/aromatic N) is 5. The van der Waals surface area contributed by atoms with Crippen molar-refractivity contribution in [2.45, 2.75) is 25.9 Å². The third-order valence-electron chi connectivity index (χ3n) is 7.09. The van der Waals surface area contributed by atoms with Crippen molar-refractivity contribution >= 4 is 22.6 Å². The van der Waals surface area contributed by atoms with E-state index < -0.39 is 0 Å². The van der Waals surface area contributed by atoms with Gasteiger partial charge in [-0.15, -0.1) is 0 Å². The van der Waals surface area contributed by atoms with Crippen LogP contribution in [0, 0.1) is 5.82 Å². The van der Waals surface area contributed by atoms with Gasteiger partial charge in [-0.3, -0.25) is 9.69 Å². The topological polar surface area (TPSA) is 84.2 Å². The van der Waals surface area contributed by atoms with Crippen LogP contribution in [0.5, 0.6) is 11.5 Å². The van der Waals surface area contributed by atoms with E-state index in [1.165, 1.54) is 29.2 Å². The summed E-state index contributed by atoms with van der Waals surface area (Å²) in [5.41, 5.74) is 2.12. The Morgan fingerprint density at radius 2 is 1.80 bits per heavy atom. The molecule has 1 fully saturated rings. The Bertz CT molecular complexity index is 1420. The van der Waals surface area contributed by atoms with E-state index in [1.807, 2.05) is 34.1 Å². The fourth-order valence-corrected chi connectivity index (χ4v) is 5.61. The highest BCUT2D eigenvalue weighted by molar-refractivity contribution is 7.09.